The Morgan fingerprint density at radius 3 is 2.74 bits per heavy atom. The number of carbonyl (C=O) groups is 1. The lowest BCUT2D eigenvalue weighted by molar-refractivity contribution is 0.0609. The first-order valence-corrected chi connectivity index (χ1v) is 10.8. The van der Waals surface area contributed by atoms with Crippen LogP contribution < -0.4 is 5.32 Å². The summed E-state index contributed by atoms with van der Waals surface area (Å²) in [5.74, 6) is -0.508. The van der Waals surface area contributed by atoms with Crippen molar-refractivity contribution in [3.63, 3.8) is 0 Å². The number of aromatic nitrogens is 4. The lowest BCUT2D eigenvalue weighted by Gasteiger charge is -2.17. The Morgan fingerprint density at radius 2 is 2.03 bits per heavy atom. The number of pyridine rings is 1. The van der Waals surface area contributed by atoms with Crippen LogP contribution >= 0.6 is 11.6 Å². The van der Waals surface area contributed by atoms with Crippen molar-refractivity contribution in [1.82, 2.24) is 24.9 Å². The van der Waals surface area contributed by atoms with E-state index in [2.05, 4.69) is 26.5 Å². The van der Waals surface area contributed by atoms with Crippen LogP contribution in [0, 0.1) is 18.3 Å². The Morgan fingerprint density at radius 1 is 1.24 bits per heavy atom. The zero-order valence-electron chi connectivity index (χ0n) is 18.4. The van der Waals surface area contributed by atoms with Crippen LogP contribution in [0.25, 0.3) is 28.0 Å². The third-order valence-electron chi connectivity index (χ3n) is 5.32. The summed E-state index contributed by atoms with van der Waals surface area (Å²) in [4.78, 5) is 21.5. The van der Waals surface area contributed by atoms with Crippen LogP contribution in [-0.4, -0.2) is 54.5 Å². The molecule has 0 saturated carbocycles. The topological polar surface area (TPSA) is 136 Å². The molecule has 1 aromatic carbocycles. The van der Waals surface area contributed by atoms with E-state index in [1.165, 1.54) is 6.07 Å². The van der Waals surface area contributed by atoms with Crippen LogP contribution in [0.5, 0.6) is 0 Å². The van der Waals surface area contributed by atoms with Crippen molar-refractivity contribution in [2.45, 2.75) is 26.0 Å². The average molecular weight is 477 g/mol. The highest BCUT2D eigenvalue weighted by Gasteiger charge is 2.22. The van der Waals surface area contributed by atoms with Gasteiger partial charge in [-0.25, -0.2) is 14.5 Å². The minimum absolute atomic E-state index is 0.111. The molecule has 0 radical (unpaired) electrons. The fourth-order valence-electron chi connectivity index (χ4n) is 3.57. The van der Waals surface area contributed by atoms with Crippen molar-refractivity contribution >= 4 is 23.2 Å². The largest absolute Gasteiger partial charge is 0.394 e. The third-order valence-corrected chi connectivity index (χ3v) is 5.51. The van der Waals surface area contributed by atoms with Gasteiger partial charge in [0.1, 0.15) is 16.5 Å². The van der Waals surface area contributed by atoms with E-state index in [1.807, 2.05) is 19.1 Å². The van der Waals surface area contributed by atoms with Gasteiger partial charge < -0.3 is 15.5 Å². The lowest BCUT2D eigenvalue weighted by atomic mass is 10.00. The van der Waals surface area contributed by atoms with E-state index in [9.17, 15) is 15.2 Å². The fraction of sp³-hybridized carbons (Fsp3) is 0.208. The first-order valence-electron chi connectivity index (χ1n) is 10.4. The predicted octanol–water partition coefficient (Wildman–Crippen LogP) is 2.76. The Bertz CT molecular complexity index is 1410. The van der Waals surface area contributed by atoms with Gasteiger partial charge in [-0.3, -0.25) is 4.79 Å². The molecular formula is C24H21ClN6O3. The number of rotatable bonds is 6. The van der Waals surface area contributed by atoms with Crippen molar-refractivity contribution < 1.29 is 15.0 Å². The molecule has 10 heteroatoms. The SMILES string of the molecule is Cc1cc(-c2c(-c3cccc(C#N)c3)nn3ccc(C(=O)N[C@@H](C)[C@H](O)CO)nc23)cc(Cl)n1. The fourth-order valence-corrected chi connectivity index (χ4v) is 3.82. The van der Waals surface area contributed by atoms with Gasteiger partial charge in [-0.05, 0) is 49.7 Å². The van der Waals surface area contributed by atoms with Gasteiger partial charge in [0, 0.05) is 17.5 Å². The molecule has 2 atom stereocenters. The quantitative estimate of drug-likeness (QED) is 0.364. The summed E-state index contributed by atoms with van der Waals surface area (Å²) in [6, 6.07) is 13.5. The lowest BCUT2D eigenvalue weighted by Crippen LogP contribution is -2.43. The van der Waals surface area contributed by atoms with Gasteiger partial charge >= 0.3 is 0 Å². The monoisotopic (exact) mass is 476 g/mol. The van der Waals surface area contributed by atoms with E-state index >= 15 is 0 Å². The second kappa shape index (κ2) is 9.57. The normalized spacial score (nSPS) is 12.8. The van der Waals surface area contributed by atoms with Crippen molar-refractivity contribution in [2.24, 2.45) is 0 Å². The number of carbonyl (C=O) groups excluding carboxylic acids is 1. The maximum Gasteiger partial charge on any atom is 0.270 e. The van der Waals surface area contributed by atoms with Crippen LogP contribution in [0.15, 0.2) is 48.7 Å². The van der Waals surface area contributed by atoms with Crippen molar-refractivity contribution in [1.29, 1.82) is 5.26 Å². The Labute approximate surface area is 200 Å². The first kappa shape index (κ1) is 23.3. The van der Waals surface area contributed by atoms with Crippen molar-refractivity contribution in [3.8, 4) is 28.5 Å². The number of nitriles is 1. The van der Waals surface area contributed by atoms with E-state index in [1.54, 1.807) is 41.9 Å². The Hall–Kier alpha value is -3.84. The number of hydrogen-bond acceptors (Lipinski definition) is 7. The van der Waals surface area contributed by atoms with E-state index < -0.39 is 24.7 Å². The molecule has 0 fully saturated rings. The maximum absolute atomic E-state index is 12.8. The molecule has 0 spiro atoms. The Balaban J connectivity index is 1.90. The highest BCUT2D eigenvalue weighted by atomic mass is 35.5. The van der Waals surface area contributed by atoms with Gasteiger partial charge in [-0.15, -0.1) is 0 Å². The molecule has 172 valence electrons. The number of hydrogen-bond donors (Lipinski definition) is 3. The highest BCUT2D eigenvalue weighted by molar-refractivity contribution is 6.29. The van der Waals surface area contributed by atoms with E-state index in [4.69, 9.17) is 16.7 Å². The molecule has 3 aromatic heterocycles. The van der Waals surface area contributed by atoms with Crippen LogP contribution in [0.4, 0.5) is 0 Å². The molecule has 0 unspecified atom stereocenters. The van der Waals surface area contributed by atoms with Gasteiger partial charge in [0.05, 0.1) is 35.9 Å². The highest BCUT2D eigenvalue weighted by Crippen LogP contribution is 2.36. The zero-order valence-corrected chi connectivity index (χ0v) is 19.2. The summed E-state index contributed by atoms with van der Waals surface area (Å²) in [6.07, 6.45) is 0.514. The molecule has 3 heterocycles. The van der Waals surface area contributed by atoms with Crippen LogP contribution in [0.1, 0.15) is 28.7 Å². The molecule has 0 aliphatic heterocycles. The van der Waals surface area contributed by atoms with Crippen LogP contribution in [-0.2, 0) is 0 Å². The third kappa shape index (κ3) is 4.61. The van der Waals surface area contributed by atoms with E-state index in [0.717, 1.165) is 0 Å². The molecule has 9 nitrogen and oxygen atoms in total. The smallest absolute Gasteiger partial charge is 0.270 e. The molecule has 4 aromatic rings. The molecule has 34 heavy (non-hydrogen) atoms. The van der Waals surface area contributed by atoms with Crippen molar-refractivity contribution in [2.75, 3.05) is 6.61 Å². The summed E-state index contributed by atoms with van der Waals surface area (Å²) in [5.41, 5.74) is 4.29. The Kier molecular flexibility index (Phi) is 6.56. The summed E-state index contributed by atoms with van der Waals surface area (Å²) in [6.45, 7) is 2.93. The van der Waals surface area contributed by atoms with Gasteiger partial charge in [0.25, 0.3) is 5.91 Å². The summed E-state index contributed by atoms with van der Waals surface area (Å²) >= 11 is 6.24. The van der Waals surface area contributed by atoms with E-state index in [0.29, 0.717) is 44.4 Å². The minimum atomic E-state index is -1.10. The molecule has 1 amide bonds. The number of aliphatic hydroxyl groups excluding tert-OH is 2. The second-order valence-electron chi connectivity index (χ2n) is 7.83. The number of amides is 1. The summed E-state index contributed by atoms with van der Waals surface area (Å²) < 4.78 is 1.55. The second-order valence-corrected chi connectivity index (χ2v) is 8.22. The summed E-state index contributed by atoms with van der Waals surface area (Å²) in [7, 11) is 0. The zero-order chi connectivity index (χ0) is 24.4. The molecule has 0 aliphatic rings. The van der Waals surface area contributed by atoms with Crippen LogP contribution in [0.3, 0.4) is 0 Å². The number of nitrogens with one attached hydrogen (secondary N) is 1. The number of aliphatic hydroxyl groups is 2. The number of fused-ring (bicyclic) bond motifs is 1. The standard InChI is InChI=1S/C24H21ClN6O3/c1-13-8-17(10-20(25)27-13)21-22(16-5-3-4-15(9-16)11-26)30-31-7-6-18(29-23(21)31)24(34)28-14(2)19(33)12-32/h3-10,14,19,32-33H,12H2,1-2H3,(H,28,34)/t14-,19+/m0/s1. The molecular weight excluding hydrogens is 456 g/mol. The van der Waals surface area contributed by atoms with Gasteiger partial charge in [-0.2, -0.15) is 10.4 Å². The number of benzene rings is 1. The number of aryl methyl sites for hydroxylation is 1. The maximum atomic E-state index is 12.8. The molecule has 0 saturated heterocycles. The average Bonchev–Trinajstić information content (AvgIpc) is 3.21. The minimum Gasteiger partial charge on any atom is -0.394 e. The number of halogens is 1. The van der Waals surface area contributed by atoms with Crippen molar-refractivity contribution in [3.05, 3.63) is 70.8 Å². The van der Waals surface area contributed by atoms with Gasteiger partial charge in [0.15, 0.2) is 5.65 Å². The van der Waals surface area contributed by atoms with Gasteiger partial charge in [0.2, 0.25) is 0 Å². The van der Waals surface area contributed by atoms with Gasteiger partial charge in [-0.1, -0.05) is 23.7 Å². The molecule has 3 N–H and O–H groups in total. The predicted molar refractivity (Wildman–Crippen MR) is 126 cm³/mol. The molecule has 0 bridgehead atoms. The number of nitrogens with zero attached hydrogens (tertiary/aromatic N) is 5. The summed E-state index contributed by atoms with van der Waals surface area (Å²) in [5, 5.41) is 35.8. The van der Waals surface area contributed by atoms with E-state index in [-0.39, 0.29) is 5.69 Å². The van der Waals surface area contributed by atoms with Crippen LogP contribution in [0.2, 0.25) is 5.15 Å². The first-order chi connectivity index (χ1) is 16.3. The molecule has 0 aliphatic carbocycles. The molecule has 4 rings (SSSR count).